The zero-order valence-electron chi connectivity index (χ0n) is 22.3. The molecule has 0 atom stereocenters. The normalized spacial score (nSPS) is 17.0. The van der Waals surface area contributed by atoms with Gasteiger partial charge in [-0.1, -0.05) is 50.5 Å². The number of nitrogens with one attached hydrogen (secondary N) is 1. The van der Waals surface area contributed by atoms with E-state index >= 15 is 0 Å². The summed E-state index contributed by atoms with van der Waals surface area (Å²) in [6, 6.07) is 12.1. The Kier molecular flexibility index (Phi) is 11.7. The topological polar surface area (TPSA) is 72.2 Å². The third-order valence-electron chi connectivity index (χ3n) is 6.91. The van der Waals surface area contributed by atoms with Gasteiger partial charge in [0, 0.05) is 23.4 Å². The molecule has 1 aliphatic rings. The van der Waals surface area contributed by atoms with Crippen molar-refractivity contribution in [1.82, 2.24) is 5.16 Å². The second-order valence-electron chi connectivity index (χ2n) is 9.47. The van der Waals surface area contributed by atoms with Crippen LogP contribution in [-0.4, -0.2) is 16.8 Å². The number of anilines is 1. The van der Waals surface area contributed by atoms with Crippen LogP contribution in [0.2, 0.25) is 0 Å². The number of amides is 1. The van der Waals surface area contributed by atoms with Gasteiger partial charge in [-0.2, -0.15) is 0 Å². The number of fused-ring (bicyclic) bond motifs is 1. The first kappa shape index (κ1) is 28.3. The largest absolute Gasteiger partial charge is 0.356 e. The van der Waals surface area contributed by atoms with Crippen LogP contribution >= 0.6 is 0 Å². The molecular weight excluding hydrogens is 436 g/mol. The van der Waals surface area contributed by atoms with Crippen molar-refractivity contribution in [2.75, 3.05) is 5.32 Å². The number of benzene rings is 2. The van der Waals surface area contributed by atoms with Crippen molar-refractivity contribution in [3.05, 3.63) is 59.3 Å². The van der Waals surface area contributed by atoms with Crippen LogP contribution in [-0.2, 0) is 16.0 Å². The first-order valence-electron chi connectivity index (χ1n) is 13.0. The molecule has 1 fully saturated rings. The Hall–Kier alpha value is -2.95. The number of aromatic nitrogens is 1. The fourth-order valence-corrected chi connectivity index (χ4v) is 4.43. The third-order valence-corrected chi connectivity index (χ3v) is 6.91. The second kappa shape index (κ2) is 14.4. The van der Waals surface area contributed by atoms with Gasteiger partial charge >= 0.3 is 0 Å². The number of aryl methyl sites for hydroxylation is 2. The monoisotopic (exact) mass is 478 g/mol. The standard InChI is InChI=1S/C16H20N2O2.C10H14.C4H8O/c1-2-11-3-5-12(6-4-11)16(19)18-14-7-8-15-13(9-14)10-17-20-15;1-4-10-8(2)6-5-7-9(10)3;1-3-4(2)5/h7-12H,2-6H2,1H3,(H,18,19);5-7H,4H2,1-3H3;3H2,1-2H3. The number of rotatable bonds is 5. The molecule has 1 aliphatic carbocycles. The first-order valence-corrected chi connectivity index (χ1v) is 13.0. The molecule has 190 valence electrons. The number of carbonyl (C=O) groups excluding carboxylic acids is 2. The van der Waals surface area contributed by atoms with E-state index in [-0.39, 0.29) is 17.6 Å². The summed E-state index contributed by atoms with van der Waals surface area (Å²) < 4.78 is 5.06. The van der Waals surface area contributed by atoms with E-state index in [4.69, 9.17) is 4.52 Å². The molecule has 2 aromatic carbocycles. The van der Waals surface area contributed by atoms with E-state index in [1.165, 1.54) is 36.0 Å². The summed E-state index contributed by atoms with van der Waals surface area (Å²) in [6.45, 7) is 12.2. The number of hydrogen-bond acceptors (Lipinski definition) is 4. The van der Waals surface area contributed by atoms with Crippen LogP contribution < -0.4 is 5.32 Å². The van der Waals surface area contributed by atoms with E-state index in [9.17, 15) is 9.59 Å². The molecular formula is C30H42N2O3. The van der Waals surface area contributed by atoms with E-state index in [0.29, 0.717) is 6.42 Å². The molecule has 5 nitrogen and oxygen atoms in total. The van der Waals surface area contributed by atoms with Crippen LogP contribution in [0, 0.1) is 25.7 Å². The first-order chi connectivity index (χ1) is 16.8. The summed E-state index contributed by atoms with van der Waals surface area (Å²) in [7, 11) is 0. The average Bonchev–Trinajstić information content (AvgIpc) is 3.33. The third kappa shape index (κ3) is 8.97. The molecule has 0 radical (unpaired) electrons. The van der Waals surface area contributed by atoms with Crippen LogP contribution in [0.3, 0.4) is 0 Å². The van der Waals surface area contributed by atoms with Crippen molar-refractivity contribution in [3.8, 4) is 0 Å². The molecule has 0 saturated heterocycles. The van der Waals surface area contributed by atoms with Gasteiger partial charge < -0.3 is 14.6 Å². The predicted molar refractivity (Wildman–Crippen MR) is 145 cm³/mol. The van der Waals surface area contributed by atoms with E-state index < -0.39 is 0 Å². The number of hydrogen-bond donors (Lipinski definition) is 1. The maximum Gasteiger partial charge on any atom is 0.227 e. The Morgan fingerprint density at radius 2 is 1.63 bits per heavy atom. The maximum absolute atomic E-state index is 12.3. The fourth-order valence-electron chi connectivity index (χ4n) is 4.43. The molecule has 0 unspecified atom stereocenters. The molecule has 1 saturated carbocycles. The molecule has 0 bridgehead atoms. The highest BCUT2D eigenvalue weighted by Crippen LogP contribution is 2.31. The van der Waals surface area contributed by atoms with Crippen molar-refractivity contribution >= 4 is 28.3 Å². The summed E-state index contributed by atoms with van der Waals surface area (Å²) in [4.78, 5) is 22.1. The predicted octanol–water partition coefficient (Wildman–Crippen LogP) is 7.83. The highest BCUT2D eigenvalue weighted by molar-refractivity contribution is 5.94. The van der Waals surface area contributed by atoms with Gasteiger partial charge in [-0.15, -0.1) is 0 Å². The fraction of sp³-hybridized carbons (Fsp3) is 0.500. The Bertz CT molecular complexity index is 1060. The average molecular weight is 479 g/mol. The van der Waals surface area contributed by atoms with Gasteiger partial charge in [-0.25, -0.2) is 0 Å². The van der Waals surface area contributed by atoms with E-state index in [1.54, 1.807) is 13.1 Å². The van der Waals surface area contributed by atoms with Gasteiger partial charge in [-0.3, -0.25) is 4.79 Å². The van der Waals surface area contributed by atoms with Crippen LogP contribution in [0.15, 0.2) is 47.1 Å². The van der Waals surface area contributed by atoms with Crippen molar-refractivity contribution in [2.24, 2.45) is 11.8 Å². The Morgan fingerprint density at radius 3 is 2.14 bits per heavy atom. The highest BCUT2D eigenvalue weighted by Gasteiger charge is 2.25. The van der Waals surface area contributed by atoms with E-state index in [1.807, 2.05) is 25.1 Å². The molecule has 1 aromatic heterocycles. The summed E-state index contributed by atoms with van der Waals surface area (Å²) >= 11 is 0. The van der Waals surface area contributed by atoms with Gasteiger partial charge in [0.25, 0.3) is 0 Å². The summed E-state index contributed by atoms with van der Waals surface area (Å²) in [6.07, 6.45) is 9.10. The number of ketones is 1. The van der Waals surface area contributed by atoms with Crippen molar-refractivity contribution in [1.29, 1.82) is 0 Å². The molecule has 0 aliphatic heterocycles. The van der Waals surface area contributed by atoms with Crippen LogP contribution in [0.5, 0.6) is 0 Å². The molecule has 1 amide bonds. The van der Waals surface area contributed by atoms with Crippen LogP contribution in [0.1, 0.15) is 82.9 Å². The lowest BCUT2D eigenvalue weighted by Gasteiger charge is -2.26. The minimum atomic E-state index is 0.148. The number of Topliss-reactive ketones (excluding diaryl/α,β-unsaturated/α-hetero) is 1. The smallest absolute Gasteiger partial charge is 0.227 e. The van der Waals surface area contributed by atoms with Gasteiger partial charge in [0.2, 0.25) is 5.91 Å². The lowest BCUT2D eigenvalue weighted by molar-refractivity contribution is -0.121. The van der Waals surface area contributed by atoms with Crippen molar-refractivity contribution in [3.63, 3.8) is 0 Å². The lowest BCUT2D eigenvalue weighted by Crippen LogP contribution is -2.27. The maximum atomic E-state index is 12.3. The minimum absolute atomic E-state index is 0.148. The summed E-state index contributed by atoms with van der Waals surface area (Å²) in [5, 5.41) is 7.67. The zero-order chi connectivity index (χ0) is 25.8. The lowest BCUT2D eigenvalue weighted by atomic mass is 9.80. The van der Waals surface area contributed by atoms with Gasteiger partial charge in [0.15, 0.2) is 5.58 Å². The minimum Gasteiger partial charge on any atom is -0.356 e. The highest BCUT2D eigenvalue weighted by atomic mass is 16.5. The molecule has 35 heavy (non-hydrogen) atoms. The van der Waals surface area contributed by atoms with Gasteiger partial charge in [-0.05, 0) is 93.7 Å². The van der Waals surface area contributed by atoms with E-state index in [2.05, 4.69) is 56.4 Å². The molecule has 1 N–H and O–H groups in total. The van der Waals surface area contributed by atoms with Crippen molar-refractivity contribution < 1.29 is 14.1 Å². The Morgan fingerprint density at radius 1 is 1.00 bits per heavy atom. The molecule has 0 spiro atoms. The van der Waals surface area contributed by atoms with Gasteiger partial charge in [0.1, 0.15) is 5.78 Å². The number of carbonyl (C=O) groups is 2. The zero-order valence-corrected chi connectivity index (χ0v) is 22.3. The molecule has 1 heterocycles. The SMILES string of the molecule is CCC(C)=O.CCC1CCC(C(=O)Nc2ccc3oncc3c2)CC1.CCc1c(C)cccc1C. The van der Waals surface area contributed by atoms with Crippen LogP contribution in [0.4, 0.5) is 5.69 Å². The second-order valence-corrected chi connectivity index (χ2v) is 9.47. The number of nitrogens with zero attached hydrogens (tertiary/aromatic N) is 1. The quantitative estimate of drug-likeness (QED) is 0.405. The Balaban J connectivity index is 0.000000240. The summed E-state index contributed by atoms with van der Waals surface area (Å²) in [5.41, 5.74) is 5.90. The van der Waals surface area contributed by atoms with Crippen LogP contribution in [0.25, 0.3) is 11.0 Å². The van der Waals surface area contributed by atoms with Crippen molar-refractivity contribution in [2.45, 2.75) is 86.5 Å². The van der Waals surface area contributed by atoms with E-state index in [0.717, 1.165) is 41.8 Å². The summed E-state index contributed by atoms with van der Waals surface area (Å²) in [5.74, 6) is 1.38. The molecule has 4 rings (SSSR count). The van der Waals surface area contributed by atoms with Gasteiger partial charge in [0.05, 0.1) is 6.20 Å². The molecule has 3 aromatic rings. The molecule has 5 heteroatoms. The Labute approximate surface area is 210 Å².